The molecule has 2 atom stereocenters. The number of rotatable bonds is 3. The van der Waals surface area contributed by atoms with Crippen molar-refractivity contribution in [1.82, 2.24) is 9.80 Å². The molecule has 2 heterocycles. The highest BCUT2D eigenvalue weighted by atomic mass is 19.4. The fourth-order valence-corrected chi connectivity index (χ4v) is 4.84. The van der Waals surface area contributed by atoms with Crippen LogP contribution in [0.25, 0.3) is 5.57 Å². The third kappa shape index (κ3) is 3.51. The lowest BCUT2D eigenvalue weighted by molar-refractivity contribution is -0.137. The van der Waals surface area contributed by atoms with E-state index in [0.29, 0.717) is 29.8 Å². The Kier molecular flexibility index (Phi) is 4.72. The molecule has 0 spiro atoms. The molecule has 0 aromatic heterocycles. The van der Waals surface area contributed by atoms with Crippen molar-refractivity contribution in [2.75, 3.05) is 18.4 Å². The van der Waals surface area contributed by atoms with E-state index in [1.54, 1.807) is 11.0 Å². The monoisotopic (exact) mass is 445 g/mol. The minimum absolute atomic E-state index is 0.0229. The zero-order valence-electron chi connectivity index (χ0n) is 16.8. The number of carbonyl (C=O) groups is 2. The third-order valence-electron chi connectivity index (χ3n) is 6.25. The van der Waals surface area contributed by atoms with E-state index in [1.165, 1.54) is 35.2 Å². The normalized spacial score (nSPS) is 22.0. The second kappa shape index (κ2) is 7.36. The topological polar surface area (TPSA) is 52.7 Å². The van der Waals surface area contributed by atoms with Crippen molar-refractivity contribution in [2.45, 2.75) is 25.2 Å². The Morgan fingerprint density at radius 3 is 2.69 bits per heavy atom. The second-order valence-electron chi connectivity index (χ2n) is 8.31. The van der Waals surface area contributed by atoms with Gasteiger partial charge in [0, 0.05) is 12.2 Å². The number of anilines is 1. The number of nitrogens with zero attached hydrogens (tertiary/aromatic N) is 2. The Balaban J connectivity index is 1.35. The number of alkyl halides is 3. The fraction of sp³-hybridized carbons (Fsp3) is 0.304. The zero-order valence-corrected chi connectivity index (χ0v) is 16.8. The Morgan fingerprint density at radius 2 is 1.94 bits per heavy atom. The van der Waals surface area contributed by atoms with Gasteiger partial charge in [0.25, 0.3) is 0 Å². The predicted molar refractivity (Wildman–Crippen MR) is 109 cm³/mol. The molecule has 0 saturated carbocycles. The highest BCUT2D eigenvalue weighted by molar-refractivity contribution is 5.95. The summed E-state index contributed by atoms with van der Waals surface area (Å²) in [6, 6.07) is 8.46. The number of likely N-dealkylation sites (tertiary alicyclic amines) is 1. The molecule has 3 aliphatic rings. The summed E-state index contributed by atoms with van der Waals surface area (Å²) >= 11 is 0. The van der Waals surface area contributed by atoms with E-state index in [2.05, 4.69) is 5.32 Å². The lowest BCUT2D eigenvalue weighted by atomic mass is 9.95. The van der Waals surface area contributed by atoms with E-state index in [0.717, 1.165) is 6.07 Å². The van der Waals surface area contributed by atoms with Gasteiger partial charge in [-0.05, 0) is 53.3 Å². The molecule has 5 nitrogen and oxygen atoms in total. The summed E-state index contributed by atoms with van der Waals surface area (Å²) in [6.07, 6.45) is -2.11. The summed E-state index contributed by atoms with van der Waals surface area (Å²) < 4.78 is 54.1. The molecule has 2 bridgehead atoms. The molecule has 0 unspecified atom stereocenters. The minimum Gasteiger partial charge on any atom is -0.333 e. The van der Waals surface area contributed by atoms with Crippen LogP contribution in [0, 0.1) is 11.7 Å². The van der Waals surface area contributed by atoms with Gasteiger partial charge in [0.1, 0.15) is 12.4 Å². The molecule has 9 heteroatoms. The summed E-state index contributed by atoms with van der Waals surface area (Å²) in [7, 11) is 0. The third-order valence-corrected chi connectivity index (χ3v) is 6.25. The first kappa shape index (κ1) is 20.5. The second-order valence-corrected chi connectivity index (χ2v) is 8.31. The van der Waals surface area contributed by atoms with Crippen LogP contribution in [-0.2, 0) is 17.5 Å². The first-order valence-electron chi connectivity index (χ1n) is 10.2. The summed E-state index contributed by atoms with van der Waals surface area (Å²) in [5.41, 5.74) is 0.915. The number of fused-ring (bicyclic) bond motifs is 3. The van der Waals surface area contributed by atoms with Gasteiger partial charge in [-0.1, -0.05) is 24.3 Å². The number of amides is 3. The van der Waals surface area contributed by atoms with E-state index in [4.69, 9.17) is 0 Å². The SMILES string of the molecule is O=C1Nc2ccc(F)cc2CN1CC(=O)N1C[C@H]2C=C(c3ccccc3C(F)(F)F)[C@@H]1C2. The molecule has 166 valence electrons. The van der Waals surface area contributed by atoms with Gasteiger partial charge in [-0.15, -0.1) is 0 Å². The van der Waals surface area contributed by atoms with E-state index in [1.807, 2.05) is 6.08 Å². The standard InChI is InChI=1S/C23H19F4N3O2/c24-15-5-6-19-14(9-15)11-29(22(32)28-19)12-21(31)30-10-13-7-17(20(30)8-13)16-3-1-2-4-18(16)23(25,26)27/h1-7,9,13,20H,8,10-12H2,(H,28,32)/t13-,20-/m0/s1. The van der Waals surface area contributed by atoms with Crippen LogP contribution >= 0.6 is 0 Å². The highest BCUT2D eigenvalue weighted by Crippen LogP contribution is 2.45. The molecule has 1 fully saturated rings. The molecule has 1 saturated heterocycles. The number of halogens is 4. The van der Waals surface area contributed by atoms with Crippen LogP contribution in [0.4, 0.5) is 28.0 Å². The Bertz CT molecular complexity index is 1140. The van der Waals surface area contributed by atoms with Gasteiger partial charge in [-0.3, -0.25) is 4.79 Å². The van der Waals surface area contributed by atoms with Gasteiger partial charge < -0.3 is 15.1 Å². The maximum atomic E-state index is 13.6. The molecule has 2 aromatic carbocycles. The van der Waals surface area contributed by atoms with Crippen LogP contribution in [0.2, 0.25) is 0 Å². The average Bonchev–Trinajstić information content (AvgIpc) is 3.35. The average molecular weight is 445 g/mol. The number of nitrogens with one attached hydrogen (secondary N) is 1. The number of urea groups is 1. The van der Waals surface area contributed by atoms with Crippen molar-refractivity contribution in [3.05, 3.63) is 71.0 Å². The number of benzene rings is 2. The molecular formula is C23H19F4N3O2. The summed E-state index contributed by atoms with van der Waals surface area (Å²) in [6.45, 7) is 0.243. The number of hydrogen-bond donors (Lipinski definition) is 1. The fourth-order valence-electron chi connectivity index (χ4n) is 4.84. The van der Waals surface area contributed by atoms with Crippen LogP contribution < -0.4 is 5.32 Å². The van der Waals surface area contributed by atoms with Crippen molar-refractivity contribution in [3.63, 3.8) is 0 Å². The van der Waals surface area contributed by atoms with E-state index in [9.17, 15) is 27.2 Å². The lowest BCUT2D eigenvalue weighted by Gasteiger charge is -2.33. The number of carbonyl (C=O) groups excluding carboxylic acids is 2. The van der Waals surface area contributed by atoms with Crippen molar-refractivity contribution in [1.29, 1.82) is 0 Å². The molecular weight excluding hydrogens is 426 g/mol. The molecule has 1 N–H and O–H groups in total. The molecule has 2 aromatic rings. The zero-order chi connectivity index (χ0) is 22.6. The first-order chi connectivity index (χ1) is 15.2. The summed E-state index contributed by atoms with van der Waals surface area (Å²) in [4.78, 5) is 28.3. The van der Waals surface area contributed by atoms with E-state index < -0.39 is 29.6 Å². The van der Waals surface area contributed by atoms with Gasteiger partial charge in [-0.25, -0.2) is 9.18 Å². The molecule has 2 aliphatic heterocycles. The van der Waals surface area contributed by atoms with E-state index >= 15 is 0 Å². The lowest BCUT2D eigenvalue weighted by Crippen LogP contribution is -2.48. The van der Waals surface area contributed by atoms with Gasteiger partial charge in [0.2, 0.25) is 5.91 Å². The van der Waals surface area contributed by atoms with Crippen LogP contribution in [0.1, 0.15) is 23.1 Å². The van der Waals surface area contributed by atoms with Gasteiger partial charge in [0.15, 0.2) is 0 Å². The predicted octanol–water partition coefficient (Wildman–Crippen LogP) is 4.51. The Hall–Kier alpha value is -3.36. The van der Waals surface area contributed by atoms with Crippen molar-refractivity contribution in [2.24, 2.45) is 5.92 Å². The van der Waals surface area contributed by atoms with Crippen molar-refractivity contribution < 1.29 is 27.2 Å². The maximum Gasteiger partial charge on any atom is 0.416 e. The minimum atomic E-state index is -4.50. The Morgan fingerprint density at radius 1 is 1.16 bits per heavy atom. The van der Waals surface area contributed by atoms with Crippen LogP contribution in [0.3, 0.4) is 0 Å². The van der Waals surface area contributed by atoms with E-state index in [-0.39, 0.29) is 30.5 Å². The molecule has 3 amide bonds. The van der Waals surface area contributed by atoms with Crippen LogP contribution in [0.5, 0.6) is 0 Å². The maximum absolute atomic E-state index is 13.6. The van der Waals surface area contributed by atoms with Crippen molar-refractivity contribution in [3.8, 4) is 0 Å². The number of hydrogen-bond acceptors (Lipinski definition) is 2. The Labute approximate surface area is 181 Å². The van der Waals surface area contributed by atoms with Gasteiger partial charge >= 0.3 is 12.2 Å². The first-order valence-corrected chi connectivity index (χ1v) is 10.2. The molecule has 1 aliphatic carbocycles. The van der Waals surface area contributed by atoms with Crippen LogP contribution in [-0.4, -0.2) is 40.9 Å². The molecule has 32 heavy (non-hydrogen) atoms. The largest absolute Gasteiger partial charge is 0.416 e. The highest BCUT2D eigenvalue weighted by Gasteiger charge is 2.45. The summed E-state index contributed by atoms with van der Waals surface area (Å²) in [5.74, 6) is -0.811. The van der Waals surface area contributed by atoms with Crippen molar-refractivity contribution >= 4 is 23.2 Å². The molecule has 0 radical (unpaired) electrons. The van der Waals surface area contributed by atoms with Gasteiger partial charge in [0.05, 0.1) is 18.2 Å². The molecule has 5 rings (SSSR count). The summed E-state index contributed by atoms with van der Waals surface area (Å²) in [5, 5.41) is 2.64. The smallest absolute Gasteiger partial charge is 0.333 e. The van der Waals surface area contributed by atoms with Crippen LogP contribution in [0.15, 0.2) is 48.5 Å². The quantitative estimate of drug-likeness (QED) is 0.707. The van der Waals surface area contributed by atoms with Gasteiger partial charge in [-0.2, -0.15) is 13.2 Å².